The van der Waals surface area contributed by atoms with Crippen LogP contribution in [0, 0.1) is 22.7 Å². The zero-order chi connectivity index (χ0) is 20.6. The lowest BCUT2D eigenvalue weighted by Gasteiger charge is -2.43. The summed E-state index contributed by atoms with van der Waals surface area (Å²) >= 11 is 0. The maximum absolute atomic E-state index is 12.5. The highest BCUT2D eigenvalue weighted by Gasteiger charge is 2.64. The van der Waals surface area contributed by atoms with Gasteiger partial charge in [-0.05, 0) is 42.6 Å². The molecule has 4 aliphatic rings. The molecule has 158 valence electrons. The van der Waals surface area contributed by atoms with Gasteiger partial charge in [0.2, 0.25) is 0 Å². The van der Waals surface area contributed by atoms with E-state index in [0.29, 0.717) is 6.42 Å². The molecule has 0 unspecified atom stereocenters. The van der Waals surface area contributed by atoms with Crippen molar-refractivity contribution in [3.63, 3.8) is 0 Å². The van der Waals surface area contributed by atoms with Gasteiger partial charge in [0.1, 0.15) is 24.4 Å². The average molecular weight is 396 g/mol. The fraction of sp³-hybridized carbons (Fsp3) is 0.857. The topological polar surface area (TPSA) is 116 Å². The molecule has 1 heterocycles. The predicted molar refractivity (Wildman–Crippen MR) is 99.1 cm³/mol. The van der Waals surface area contributed by atoms with E-state index in [1.807, 2.05) is 6.92 Å². The largest absolute Gasteiger partial charge is 0.394 e. The average Bonchev–Trinajstić information content (AvgIpc) is 3.11. The molecular formula is C21H32O7. The number of hydrogen-bond acceptors (Lipinski definition) is 7. The number of carbonyl (C=O) groups excluding carboxylic acids is 1. The monoisotopic (exact) mass is 396 g/mol. The minimum Gasteiger partial charge on any atom is -0.394 e. The molecule has 4 rings (SSSR count). The van der Waals surface area contributed by atoms with Gasteiger partial charge in [-0.3, -0.25) is 4.79 Å². The highest BCUT2D eigenvalue weighted by molar-refractivity contribution is 6.00. The Morgan fingerprint density at radius 2 is 1.79 bits per heavy atom. The second-order valence-corrected chi connectivity index (χ2v) is 10.2. The smallest absolute Gasteiger partial charge is 0.187 e. The van der Waals surface area contributed by atoms with E-state index in [1.165, 1.54) is 5.57 Å². The number of aliphatic hydroxyl groups excluding tert-OH is 4. The number of fused-ring (bicyclic) bond motifs is 3. The molecule has 4 N–H and O–H groups in total. The Hall–Kier alpha value is -0.830. The van der Waals surface area contributed by atoms with E-state index < -0.39 is 42.7 Å². The first kappa shape index (κ1) is 20.4. The SMILES string of the molecule is CC1=C2[C@@H]3CC(C)(C)C[C@@H]3[C@H](O[C@@H]3O[C@H](CO)[C@@H](O)[C@H](O)[C@H]3O)[C@@]2(C)CC1=O. The van der Waals surface area contributed by atoms with Gasteiger partial charge in [0.15, 0.2) is 12.1 Å². The van der Waals surface area contributed by atoms with Crippen LogP contribution in [-0.4, -0.2) is 69.6 Å². The molecule has 0 amide bonds. The van der Waals surface area contributed by atoms with Crippen LogP contribution in [0.1, 0.15) is 47.0 Å². The molecule has 0 bridgehead atoms. The summed E-state index contributed by atoms with van der Waals surface area (Å²) in [6, 6.07) is 0. The Bertz CT molecular complexity index is 699. The number of ether oxygens (including phenoxy) is 2. The second kappa shape index (κ2) is 6.59. The summed E-state index contributed by atoms with van der Waals surface area (Å²) in [6.07, 6.45) is -4.51. The lowest BCUT2D eigenvalue weighted by Crippen LogP contribution is -2.60. The number of ketones is 1. The van der Waals surface area contributed by atoms with Crippen LogP contribution in [0.3, 0.4) is 0 Å². The number of allylic oxidation sites excluding steroid dienone is 1. The van der Waals surface area contributed by atoms with E-state index in [1.54, 1.807) is 0 Å². The number of Topliss-reactive ketones (excluding diaryl/α,β-unsaturated/α-hetero) is 1. The maximum atomic E-state index is 12.5. The Morgan fingerprint density at radius 1 is 1.11 bits per heavy atom. The van der Waals surface area contributed by atoms with Crippen molar-refractivity contribution >= 4 is 5.78 Å². The first-order valence-corrected chi connectivity index (χ1v) is 10.2. The molecular weight excluding hydrogens is 364 g/mol. The van der Waals surface area contributed by atoms with Crippen LogP contribution >= 0.6 is 0 Å². The van der Waals surface area contributed by atoms with Crippen LogP contribution in [0.25, 0.3) is 0 Å². The maximum Gasteiger partial charge on any atom is 0.187 e. The van der Waals surface area contributed by atoms with E-state index >= 15 is 0 Å². The molecule has 1 aliphatic heterocycles. The first-order chi connectivity index (χ1) is 13.0. The quantitative estimate of drug-likeness (QED) is 0.550. The molecule has 0 aromatic rings. The molecule has 3 fully saturated rings. The van der Waals surface area contributed by atoms with Crippen molar-refractivity contribution in [2.24, 2.45) is 22.7 Å². The van der Waals surface area contributed by atoms with E-state index in [9.17, 15) is 25.2 Å². The van der Waals surface area contributed by atoms with Gasteiger partial charge >= 0.3 is 0 Å². The number of aliphatic hydroxyl groups is 4. The zero-order valence-electron chi connectivity index (χ0n) is 17.0. The van der Waals surface area contributed by atoms with Gasteiger partial charge in [-0.1, -0.05) is 26.3 Å². The Balaban J connectivity index is 1.66. The van der Waals surface area contributed by atoms with Gasteiger partial charge in [-0.2, -0.15) is 0 Å². The van der Waals surface area contributed by atoms with E-state index in [-0.39, 0.29) is 29.1 Å². The van der Waals surface area contributed by atoms with Crippen LogP contribution < -0.4 is 0 Å². The molecule has 7 heteroatoms. The third-order valence-electron chi connectivity index (χ3n) is 7.56. The van der Waals surface area contributed by atoms with Crippen molar-refractivity contribution in [3.8, 4) is 0 Å². The van der Waals surface area contributed by atoms with Gasteiger partial charge in [-0.25, -0.2) is 0 Å². The molecule has 7 nitrogen and oxygen atoms in total. The van der Waals surface area contributed by atoms with Crippen molar-refractivity contribution in [1.29, 1.82) is 0 Å². The fourth-order valence-electron chi connectivity index (χ4n) is 6.39. The van der Waals surface area contributed by atoms with Gasteiger partial charge in [0, 0.05) is 11.8 Å². The summed E-state index contributed by atoms with van der Waals surface area (Å²) in [5.41, 5.74) is 1.70. The number of rotatable bonds is 3. The van der Waals surface area contributed by atoms with Crippen molar-refractivity contribution in [1.82, 2.24) is 0 Å². The molecule has 0 spiro atoms. The Morgan fingerprint density at radius 3 is 2.43 bits per heavy atom. The van der Waals surface area contributed by atoms with Crippen LogP contribution in [0.15, 0.2) is 11.1 Å². The van der Waals surface area contributed by atoms with E-state index in [4.69, 9.17) is 9.47 Å². The number of carbonyl (C=O) groups is 1. The van der Waals surface area contributed by atoms with Crippen LogP contribution in [0.4, 0.5) is 0 Å². The molecule has 2 saturated carbocycles. The van der Waals surface area contributed by atoms with E-state index in [2.05, 4.69) is 20.8 Å². The molecule has 0 aromatic heterocycles. The molecule has 1 saturated heterocycles. The minimum absolute atomic E-state index is 0.132. The van der Waals surface area contributed by atoms with Crippen LogP contribution in [-0.2, 0) is 14.3 Å². The standard InChI is InChI=1S/C21H32O7/c1-9-12(23)7-21(4)14(9)10-5-20(2,3)6-11(10)18(21)28-19-17(26)16(25)15(24)13(8-22)27-19/h10-11,13,15-19,22,24-26H,5-8H2,1-4H3/t10-,11+,13-,15-,16+,17-,18+,19+,21+/m1/s1. The minimum atomic E-state index is -1.47. The van der Waals surface area contributed by atoms with Gasteiger partial charge in [0.05, 0.1) is 12.7 Å². The van der Waals surface area contributed by atoms with E-state index in [0.717, 1.165) is 18.4 Å². The molecule has 0 aromatic carbocycles. The fourth-order valence-corrected chi connectivity index (χ4v) is 6.39. The summed E-state index contributed by atoms with van der Waals surface area (Å²) in [7, 11) is 0. The highest BCUT2D eigenvalue weighted by Crippen LogP contribution is 2.66. The zero-order valence-corrected chi connectivity index (χ0v) is 17.0. The predicted octanol–water partition coefficient (Wildman–Crippen LogP) is 0.533. The summed E-state index contributed by atoms with van der Waals surface area (Å²) in [5.74, 6) is 0.606. The van der Waals surface area contributed by atoms with Crippen molar-refractivity contribution < 1.29 is 34.7 Å². The Kier molecular flexibility index (Phi) is 4.81. The highest BCUT2D eigenvalue weighted by atomic mass is 16.7. The summed E-state index contributed by atoms with van der Waals surface area (Å²) in [4.78, 5) is 12.5. The molecule has 28 heavy (non-hydrogen) atoms. The van der Waals surface area contributed by atoms with Crippen molar-refractivity contribution in [2.45, 2.75) is 83.8 Å². The first-order valence-electron chi connectivity index (χ1n) is 10.2. The van der Waals surface area contributed by atoms with Crippen molar-refractivity contribution in [3.05, 3.63) is 11.1 Å². The summed E-state index contributed by atoms with van der Waals surface area (Å²) in [6.45, 7) is 7.91. The lowest BCUT2D eigenvalue weighted by molar-refractivity contribution is -0.320. The van der Waals surface area contributed by atoms with Crippen LogP contribution in [0.5, 0.6) is 0 Å². The summed E-state index contributed by atoms with van der Waals surface area (Å²) in [5, 5.41) is 40.0. The molecule has 9 atom stereocenters. The van der Waals surface area contributed by atoms with Gasteiger partial charge in [-0.15, -0.1) is 0 Å². The summed E-state index contributed by atoms with van der Waals surface area (Å²) < 4.78 is 11.9. The lowest BCUT2D eigenvalue weighted by atomic mass is 9.76. The van der Waals surface area contributed by atoms with Gasteiger partial charge < -0.3 is 29.9 Å². The van der Waals surface area contributed by atoms with Crippen LogP contribution in [0.2, 0.25) is 0 Å². The molecule has 0 radical (unpaired) electrons. The third-order valence-corrected chi connectivity index (χ3v) is 7.56. The normalized spacial score (nSPS) is 50.2. The third kappa shape index (κ3) is 2.82. The number of hydrogen-bond donors (Lipinski definition) is 4. The van der Waals surface area contributed by atoms with Crippen molar-refractivity contribution in [2.75, 3.05) is 6.61 Å². The van der Waals surface area contributed by atoms with Gasteiger partial charge in [0.25, 0.3) is 0 Å². The second-order valence-electron chi connectivity index (χ2n) is 10.2. The molecule has 3 aliphatic carbocycles. The Labute approximate surface area is 165 Å².